The predicted molar refractivity (Wildman–Crippen MR) is 259 cm³/mol. The van der Waals surface area contributed by atoms with E-state index in [9.17, 15) is 29.7 Å². The van der Waals surface area contributed by atoms with E-state index in [1.807, 2.05) is 36.4 Å². The van der Waals surface area contributed by atoms with Gasteiger partial charge in [-0.05, 0) is 96.1 Å². The van der Waals surface area contributed by atoms with Gasteiger partial charge in [0.2, 0.25) is 11.2 Å². The number of aliphatic hydroxyl groups is 2. The Morgan fingerprint density at radius 1 is 0.794 bits per heavy atom. The number of amides is 1. The topological polar surface area (TPSA) is 183 Å². The van der Waals surface area contributed by atoms with Crippen LogP contribution in [0.15, 0.2) is 156 Å². The number of rotatable bonds is 19. The largest absolute Gasteiger partial charge is 0.506 e. The van der Waals surface area contributed by atoms with E-state index >= 15 is 0 Å². The van der Waals surface area contributed by atoms with Crippen molar-refractivity contribution < 1.29 is 39.1 Å². The van der Waals surface area contributed by atoms with Crippen molar-refractivity contribution in [2.45, 2.75) is 50.8 Å². The number of nitrogens with one attached hydrogen (secondary N) is 3. The minimum absolute atomic E-state index is 0.0793. The number of phenolic OH excluding ortho intramolecular Hbond substituents is 1. The molecule has 8 rings (SSSR count). The van der Waals surface area contributed by atoms with Crippen LogP contribution in [0, 0.1) is 5.92 Å². The van der Waals surface area contributed by atoms with Gasteiger partial charge in [0.25, 0.3) is 5.91 Å². The molecule has 13 nitrogen and oxygen atoms in total. The van der Waals surface area contributed by atoms with Crippen molar-refractivity contribution in [2.75, 3.05) is 33.4 Å². The number of likely N-dealkylation sites (tertiary alicyclic amines) is 1. The highest BCUT2D eigenvalue weighted by Gasteiger charge is 2.42. The lowest BCUT2D eigenvalue weighted by molar-refractivity contribution is -0.164. The number of pyridine rings is 1. The summed E-state index contributed by atoms with van der Waals surface area (Å²) in [5.41, 5.74) is 3.41. The number of nitrogens with zero attached hydrogens (tertiary/aromatic N) is 1. The van der Waals surface area contributed by atoms with Crippen molar-refractivity contribution in [1.82, 2.24) is 20.5 Å². The Balaban J connectivity index is 0.818. The van der Waals surface area contributed by atoms with Gasteiger partial charge < -0.3 is 45.1 Å². The third-order valence-electron chi connectivity index (χ3n) is 12.5. The number of hydrogen-bond acceptors (Lipinski definition) is 11. The number of carbonyl (C=O) groups is 2. The smallest absolute Gasteiger partial charge is 0.347 e. The number of fused-ring (bicyclic) bond motifs is 1. The maximum atomic E-state index is 13.9. The molecule has 0 bridgehead atoms. The van der Waals surface area contributed by atoms with Crippen molar-refractivity contribution in [3.8, 4) is 17.2 Å². The molecule has 13 heteroatoms. The number of hydrogen-bond donors (Lipinski definition) is 6. The van der Waals surface area contributed by atoms with Crippen LogP contribution < -0.4 is 25.7 Å². The van der Waals surface area contributed by atoms with E-state index in [0.29, 0.717) is 45.7 Å². The molecule has 7 aromatic rings. The first-order valence-corrected chi connectivity index (χ1v) is 22.8. The van der Waals surface area contributed by atoms with Gasteiger partial charge in [-0.3, -0.25) is 14.5 Å². The van der Waals surface area contributed by atoms with E-state index in [0.717, 1.165) is 49.2 Å². The molecule has 0 aliphatic carbocycles. The molecule has 1 fully saturated rings. The van der Waals surface area contributed by atoms with Crippen LogP contribution in [-0.2, 0) is 41.4 Å². The standard InChI is InChI=1S/C55H56N4O9/c1-66-50-29-41(19-20-42(50)32-56-33-49(61)46-21-23-48(60)52-47(46)22-24-51(62)58-52)53(63)57-31-37-15-17-39(18-16-37)35-67-45-14-8-13-44(30-45)55(65,43-11-6-3-7-12-43)54(64)68-36-40-25-27-59(28-26-40)34-38-9-4-2-5-10-38/h2-24,29-30,40,49,56,60-61,65H,25-28,31-36H2,1H3,(H,57,63)(H,58,62)/t49-,55-/m0/s1. The van der Waals surface area contributed by atoms with E-state index < -0.39 is 17.7 Å². The first-order valence-electron chi connectivity index (χ1n) is 22.8. The van der Waals surface area contributed by atoms with Crippen LogP contribution >= 0.6 is 0 Å². The average Bonchev–Trinajstić information content (AvgIpc) is 3.38. The normalized spacial score (nSPS) is 14.5. The van der Waals surface area contributed by atoms with Gasteiger partial charge >= 0.3 is 5.97 Å². The van der Waals surface area contributed by atoms with Crippen molar-refractivity contribution in [3.05, 3.63) is 207 Å². The molecule has 0 unspecified atom stereocenters. The summed E-state index contributed by atoms with van der Waals surface area (Å²) >= 11 is 0. The second-order valence-electron chi connectivity index (χ2n) is 17.2. The number of aromatic nitrogens is 1. The summed E-state index contributed by atoms with van der Waals surface area (Å²) < 4.78 is 17.7. The van der Waals surface area contributed by atoms with Crippen LogP contribution in [0.2, 0.25) is 0 Å². The highest BCUT2D eigenvalue weighted by atomic mass is 16.6. The van der Waals surface area contributed by atoms with Gasteiger partial charge in [0.15, 0.2) is 0 Å². The maximum absolute atomic E-state index is 13.9. The lowest BCUT2D eigenvalue weighted by atomic mass is 9.86. The molecular formula is C55H56N4O9. The zero-order valence-electron chi connectivity index (χ0n) is 37.9. The molecule has 1 aliphatic heterocycles. The van der Waals surface area contributed by atoms with Crippen LogP contribution in [0.1, 0.15) is 68.2 Å². The fraction of sp³-hybridized carbons (Fsp3) is 0.255. The summed E-state index contributed by atoms with van der Waals surface area (Å²) in [6.07, 6.45) is 0.873. The first kappa shape index (κ1) is 47.2. The number of aliphatic hydroxyl groups excluding tert-OH is 1. The van der Waals surface area contributed by atoms with Crippen molar-refractivity contribution in [1.29, 1.82) is 0 Å². The molecule has 2 heterocycles. The molecule has 6 aromatic carbocycles. The summed E-state index contributed by atoms with van der Waals surface area (Å²) in [4.78, 5) is 43.9. The molecule has 350 valence electrons. The fourth-order valence-corrected chi connectivity index (χ4v) is 8.58. The summed E-state index contributed by atoms with van der Waals surface area (Å²) in [5.74, 6) is 0.103. The molecule has 1 aromatic heterocycles. The third-order valence-corrected chi connectivity index (χ3v) is 12.5. The molecule has 1 saturated heterocycles. The third kappa shape index (κ3) is 11.4. The number of carbonyl (C=O) groups excluding carboxylic acids is 2. The SMILES string of the molecule is COc1cc(C(=O)NCc2ccc(COc3cccc([C@](O)(C(=O)OCC4CCN(Cc5ccccc5)CC4)c4ccccc4)c3)cc2)ccc1CNC[C@H](O)c1ccc(O)c2[nH]c(=O)ccc12. The number of H-pyrrole nitrogens is 1. The van der Waals surface area contributed by atoms with Crippen LogP contribution in [-0.4, -0.2) is 70.4 Å². The molecule has 0 saturated carbocycles. The average molecular weight is 917 g/mol. The Kier molecular flexibility index (Phi) is 15.3. The fourth-order valence-electron chi connectivity index (χ4n) is 8.58. The molecule has 68 heavy (non-hydrogen) atoms. The van der Waals surface area contributed by atoms with Gasteiger partial charge in [-0.15, -0.1) is 0 Å². The van der Waals surface area contributed by atoms with Gasteiger partial charge in [0, 0.05) is 54.3 Å². The zero-order valence-corrected chi connectivity index (χ0v) is 37.9. The second kappa shape index (κ2) is 22.0. The molecule has 6 N–H and O–H groups in total. The predicted octanol–water partition coefficient (Wildman–Crippen LogP) is 7.27. The highest BCUT2D eigenvalue weighted by molar-refractivity contribution is 5.94. The number of aromatic amines is 1. The number of esters is 1. The minimum atomic E-state index is -2.05. The van der Waals surface area contributed by atoms with E-state index in [-0.39, 0.29) is 55.0 Å². The second-order valence-corrected chi connectivity index (χ2v) is 17.2. The van der Waals surface area contributed by atoms with Gasteiger partial charge in [-0.25, -0.2) is 4.79 Å². The minimum Gasteiger partial charge on any atom is -0.506 e. The molecular weight excluding hydrogens is 861 g/mol. The van der Waals surface area contributed by atoms with Gasteiger partial charge in [-0.2, -0.15) is 0 Å². The molecule has 0 spiro atoms. The number of piperidine rings is 1. The maximum Gasteiger partial charge on any atom is 0.347 e. The summed E-state index contributed by atoms with van der Waals surface area (Å²) in [6.45, 7) is 3.98. The molecule has 1 aliphatic rings. The number of ether oxygens (including phenoxy) is 3. The van der Waals surface area contributed by atoms with Crippen LogP contribution in [0.3, 0.4) is 0 Å². The van der Waals surface area contributed by atoms with Crippen LogP contribution in [0.25, 0.3) is 10.9 Å². The Morgan fingerprint density at radius 3 is 2.26 bits per heavy atom. The van der Waals surface area contributed by atoms with Gasteiger partial charge in [-0.1, -0.05) is 109 Å². The van der Waals surface area contributed by atoms with Crippen molar-refractivity contribution in [2.24, 2.45) is 5.92 Å². The number of aromatic hydroxyl groups is 1. The van der Waals surface area contributed by atoms with Gasteiger partial charge in [0.1, 0.15) is 23.9 Å². The number of methoxy groups -OCH3 is 1. The lowest BCUT2D eigenvalue weighted by Gasteiger charge is -2.33. The summed E-state index contributed by atoms with van der Waals surface area (Å²) in [5, 5.41) is 40.1. The number of phenols is 1. The van der Waals surface area contributed by atoms with Crippen molar-refractivity contribution >= 4 is 22.8 Å². The van der Waals surface area contributed by atoms with Crippen LogP contribution in [0.4, 0.5) is 0 Å². The first-order chi connectivity index (χ1) is 33.1. The Labute approximate surface area is 395 Å². The van der Waals surface area contributed by atoms with Gasteiger partial charge in [0.05, 0.1) is 25.3 Å². The summed E-state index contributed by atoms with van der Waals surface area (Å²) in [6, 6.07) is 45.0. The molecule has 2 atom stereocenters. The quantitative estimate of drug-likeness (QED) is 0.0449. The highest BCUT2D eigenvalue weighted by Crippen LogP contribution is 2.34. The zero-order chi connectivity index (χ0) is 47.5. The Hall–Kier alpha value is -7.29. The Morgan fingerprint density at radius 2 is 1.51 bits per heavy atom. The summed E-state index contributed by atoms with van der Waals surface area (Å²) in [7, 11) is 1.53. The molecule has 0 radical (unpaired) electrons. The lowest BCUT2D eigenvalue weighted by Crippen LogP contribution is -2.40. The van der Waals surface area contributed by atoms with Crippen molar-refractivity contribution in [3.63, 3.8) is 0 Å². The van der Waals surface area contributed by atoms with E-state index in [1.54, 1.807) is 78.9 Å². The van der Waals surface area contributed by atoms with Crippen LogP contribution in [0.5, 0.6) is 17.2 Å². The van der Waals surface area contributed by atoms with E-state index in [4.69, 9.17) is 14.2 Å². The monoisotopic (exact) mass is 916 g/mol. The number of benzene rings is 6. The van der Waals surface area contributed by atoms with E-state index in [1.165, 1.54) is 24.8 Å². The molecule has 1 amide bonds. The Bertz CT molecular complexity index is 2870. The van der Waals surface area contributed by atoms with E-state index in [2.05, 4.69) is 44.8 Å².